The first kappa shape index (κ1) is 25.9. The van der Waals surface area contributed by atoms with Crippen LogP contribution in [-0.4, -0.2) is 30.5 Å². The molecule has 0 saturated heterocycles. The Bertz CT molecular complexity index is 1280. The topological polar surface area (TPSA) is 109 Å². The molecule has 0 spiro atoms. The van der Waals surface area contributed by atoms with E-state index in [1.54, 1.807) is 42.5 Å². The third-order valence-corrected chi connectivity index (χ3v) is 5.46. The molecule has 0 radical (unpaired) electrons. The fourth-order valence-electron chi connectivity index (χ4n) is 3.05. The van der Waals surface area contributed by atoms with E-state index in [1.165, 1.54) is 6.21 Å². The van der Waals surface area contributed by atoms with E-state index in [-0.39, 0.29) is 12.5 Å². The van der Waals surface area contributed by atoms with Crippen LogP contribution >= 0.6 is 27.5 Å². The average Bonchev–Trinajstić information content (AvgIpc) is 2.81. The number of rotatable bonds is 7. The summed E-state index contributed by atoms with van der Waals surface area (Å²) in [5.41, 5.74) is 5.47. The number of carbonyl (C=O) groups excluding carboxylic acids is 3. The van der Waals surface area contributed by atoms with E-state index in [0.717, 1.165) is 15.6 Å². The van der Waals surface area contributed by atoms with Gasteiger partial charge >= 0.3 is 11.8 Å². The molecule has 0 aliphatic carbocycles. The van der Waals surface area contributed by atoms with Gasteiger partial charge in [-0.25, -0.2) is 5.43 Å². The predicted octanol–water partition coefficient (Wildman–Crippen LogP) is 4.83. The molecule has 0 bridgehead atoms. The van der Waals surface area contributed by atoms with E-state index in [0.29, 0.717) is 27.7 Å². The van der Waals surface area contributed by atoms with Gasteiger partial charge in [-0.1, -0.05) is 51.8 Å². The molecular formula is C25H22BrClN4O4. The van der Waals surface area contributed by atoms with Crippen LogP contribution in [0.3, 0.4) is 0 Å². The van der Waals surface area contributed by atoms with Crippen LogP contribution in [0.5, 0.6) is 5.75 Å². The second-order valence-corrected chi connectivity index (χ2v) is 8.80. The van der Waals surface area contributed by atoms with Crippen LogP contribution in [0.4, 0.5) is 11.4 Å². The highest BCUT2D eigenvalue weighted by atomic mass is 79.9. The second-order valence-electron chi connectivity index (χ2n) is 7.45. The summed E-state index contributed by atoms with van der Waals surface area (Å²) in [6.45, 7) is 3.41. The third kappa shape index (κ3) is 7.66. The number of nitrogens with one attached hydrogen (secondary N) is 3. The third-order valence-electron chi connectivity index (χ3n) is 4.73. The van der Waals surface area contributed by atoms with Gasteiger partial charge in [0.2, 0.25) is 0 Å². The molecule has 8 nitrogen and oxygen atoms in total. The Labute approximate surface area is 215 Å². The molecule has 3 rings (SSSR count). The maximum atomic E-state index is 12.2. The Morgan fingerprint density at radius 2 is 1.69 bits per heavy atom. The van der Waals surface area contributed by atoms with Crippen LogP contribution in [0.2, 0.25) is 5.02 Å². The lowest BCUT2D eigenvalue weighted by Crippen LogP contribution is -2.32. The lowest BCUT2D eigenvalue weighted by molar-refractivity contribution is -0.136. The van der Waals surface area contributed by atoms with Gasteiger partial charge in [0, 0.05) is 26.4 Å². The number of halogens is 2. The standard InChI is InChI=1S/C25H22BrClN4O4/c1-15-5-3-6-16(2)23(15)30-24(33)25(34)31-28-13-17-11-18(26)9-10-21(17)35-14-22(32)29-20-8-4-7-19(27)12-20/h3-13H,14H2,1-2H3,(H,29,32)(H,30,33)(H,31,34)/b28-13-. The minimum Gasteiger partial charge on any atom is -0.483 e. The van der Waals surface area contributed by atoms with Crippen LogP contribution in [0.1, 0.15) is 16.7 Å². The molecule has 0 saturated carbocycles. The molecule has 0 aliphatic heterocycles. The first-order valence-electron chi connectivity index (χ1n) is 10.4. The molecule has 0 atom stereocenters. The van der Waals surface area contributed by atoms with E-state index in [2.05, 4.69) is 37.1 Å². The molecule has 3 aromatic carbocycles. The van der Waals surface area contributed by atoms with E-state index in [9.17, 15) is 14.4 Å². The molecule has 3 aromatic rings. The summed E-state index contributed by atoms with van der Waals surface area (Å²) < 4.78 is 6.35. The van der Waals surface area contributed by atoms with Crippen molar-refractivity contribution < 1.29 is 19.1 Å². The maximum Gasteiger partial charge on any atom is 0.329 e. The van der Waals surface area contributed by atoms with E-state index < -0.39 is 11.8 Å². The number of nitrogens with zero attached hydrogens (tertiary/aromatic N) is 1. The molecule has 180 valence electrons. The minimum atomic E-state index is -0.928. The molecule has 0 fully saturated rings. The molecule has 0 unspecified atom stereocenters. The summed E-state index contributed by atoms with van der Waals surface area (Å²) in [6.07, 6.45) is 1.32. The summed E-state index contributed by atoms with van der Waals surface area (Å²) in [6, 6.07) is 17.4. The first-order valence-corrected chi connectivity index (χ1v) is 11.6. The van der Waals surface area contributed by atoms with Crippen molar-refractivity contribution in [1.82, 2.24) is 5.43 Å². The fourth-order valence-corrected chi connectivity index (χ4v) is 3.62. The van der Waals surface area contributed by atoms with E-state index >= 15 is 0 Å². The zero-order valence-corrected chi connectivity index (χ0v) is 21.2. The van der Waals surface area contributed by atoms with Gasteiger partial charge in [-0.2, -0.15) is 5.10 Å². The zero-order valence-electron chi connectivity index (χ0n) is 18.9. The number of hydrazone groups is 1. The molecule has 3 N–H and O–H groups in total. The van der Waals surface area contributed by atoms with Crippen LogP contribution in [0, 0.1) is 13.8 Å². The fraction of sp³-hybridized carbons (Fsp3) is 0.120. The molecule has 0 heterocycles. The van der Waals surface area contributed by atoms with Crippen molar-refractivity contribution in [2.75, 3.05) is 17.2 Å². The Morgan fingerprint density at radius 3 is 2.40 bits per heavy atom. The van der Waals surface area contributed by atoms with Crippen molar-refractivity contribution >= 4 is 62.8 Å². The Hall–Kier alpha value is -3.69. The van der Waals surface area contributed by atoms with Gasteiger partial charge in [-0.05, 0) is 61.4 Å². The molecule has 0 aromatic heterocycles. The first-order chi connectivity index (χ1) is 16.7. The van der Waals surface area contributed by atoms with Crippen molar-refractivity contribution in [3.63, 3.8) is 0 Å². The van der Waals surface area contributed by atoms with Gasteiger partial charge in [0.1, 0.15) is 5.75 Å². The van der Waals surface area contributed by atoms with Crippen molar-refractivity contribution in [3.8, 4) is 5.75 Å². The Kier molecular flexibility index (Phi) is 8.99. The van der Waals surface area contributed by atoms with Gasteiger partial charge in [-0.3, -0.25) is 14.4 Å². The smallest absolute Gasteiger partial charge is 0.329 e. The molecule has 3 amide bonds. The molecule has 10 heteroatoms. The summed E-state index contributed by atoms with van der Waals surface area (Å²) >= 11 is 9.29. The SMILES string of the molecule is Cc1cccc(C)c1NC(=O)C(=O)N/N=C\c1cc(Br)ccc1OCC(=O)Nc1cccc(Cl)c1. The van der Waals surface area contributed by atoms with Gasteiger partial charge in [0.25, 0.3) is 5.91 Å². The quantitative estimate of drug-likeness (QED) is 0.220. The van der Waals surface area contributed by atoms with Gasteiger partial charge < -0.3 is 15.4 Å². The number of para-hydroxylation sites is 1. The summed E-state index contributed by atoms with van der Waals surface area (Å²) in [4.78, 5) is 36.7. The number of anilines is 2. The second kappa shape index (κ2) is 12.1. The van der Waals surface area contributed by atoms with Crippen LogP contribution in [0.15, 0.2) is 70.2 Å². The maximum absolute atomic E-state index is 12.2. The van der Waals surface area contributed by atoms with Gasteiger partial charge in [-0.15, -0.1) is 0 Å². The minimum absolute atomic E-state index is 0.264. The lowest BCUT2D eigenvalue weighted by Gasteiger charge is -2.11. The lowest BCUT2D eigenvalue weighted by atomic mass is 10.1. The summed E-state index contributed by atoms with van der Waals surface area (Å²) in [5.74, 6) is -1.80. The highest BCUT2D eigenvalue weighted by molar-refractivity contribution is 9.10. The van der Waals surface area contributed by atoms with Crippen molar-refractivity contribution in [1.29, 1.82) is 0 Å². The number of benzene rings is 3. The molecular weight excluding hydrogens is 536 g/mol. The Morgan fingerprint density at radius 1 is 0.971 bits per heavy atom. The number of amides is 3. The van der Waals surface area contributed by atoms with E-state index in [4.69, 9.17) is 16.3 Å². The van der Waals surface area contributed by atoms with E-state index in [1.807, 2.05) is 32.0 Å². The number of hydrogen-bond acceptors (Lipinski definition) is 5. The highest BCUT2D eigenvalue weighted by Gasteiger charge is 2.15. The monoisotopic (exact) mass is 556 g/mol. The van der Waals surface area contributed by atoms with Gasteiger partial charge in [0.15, 0.2) is 6.61 Å². The van der Waals surface area contributed by atoms with Crippen molar-refractivity contribution in [3.05, 3.63) is 86.8 Å². The van der Waals surface area contributed by atoms with Crippen molar-refractivity contribution in [2.24, 2.45) is 5.10 Å². The molecule has 35 heavy (non-hydrogen) atoms. The average molecular weight is 558 g/mol. The van der Waals surface area contributed by atoms with Crippen molar-refractivity contribution in [2.45, 2.75) is 13.8 Å². The number of aryl methyl sites for hydroxylation is 2. The molecule has 0 aliphatic rings. The van der Waals surface area contributed by atoms with Crippen LogP contribution < -0.4 is 20.8 Å². The summed E-state index contributed by atoms with van der Waals surface area (Å²) in [5, 5.41) is 9.64. The predicted molar refractivity (Wildman–Crippen MR) is 140 cm³/mol. The summed E-state index contributed by atoms with van der Waals surface area (Å²) in [7, 11) is 0. The number of ether oxygens (including phenoxy) is 1. The van der Waals surface area contributed by atoms with Crippen LogP contribution in [-0.2, 0) is 14.4 Å². The number of hydrogen-bond donors (Lipinski definition) is 3. The van der Waals surface area contributed by atoms with Crippen LogP contribution in [0.25, 0.3) is 0 Å². The number of carbonyl (C=O) groups is 3. The Balaban J connectivity index is 1.60. The zero-order chi connectivity index (χ0) is 25.4. The van der Waals surface area contributed by atoms with Gasteiger partial charge in [0.05, 0.1) is 6.21 Å². The highest BCUT2D eigenvalue weighted by Crippen LogP contribution is 2.22. The normalized spacial score (nSPS) is 10.6. The largest absolute Gasteiger partial charge is 0.483 e.